The Labute approximate surface area is 153 Å². The average molecular weight is 362 g/mol. The van der Waals surface area contributed by atoms with E-state index in [9.17, 15) is 14.4 Å². The standard InChI is InChI=1S/C18H26N4O4/c1-3-26-18(25)22-10-8-14(9-11-22)19-12-17(24)21-16-6-4-15(5-7-16)20-13(2)23/h4-7,14,19H,3,8-12H2,1-2H3,(H,20,23)(H,21,24). The average Bonchev–Trinajstić information content (AvgIpc) is 2.62. The number of nitrogens with one attached hydrogen (secondary N) is 3. The number of amides is 3. The minimum atomic E-state index is -0.272. The van der Waals surface area contributed by atoms with Crippen LogP contribution in [0.15, 0.2) is 24.3 Å². The first-order valence-corrected chi connectivity index (χ1v) is 8.80. The van der Waals surface area contributed by atoms with Gasteiger partial charge in [-0.05, 0) is 44.0 Å². The fraction of sp³-hybridized carbons (Fsp3) is 0.500. The van der Waals surface area contributed by atoms with Crippen LogP contribution in [-0.2, 0) is 14.3 Å². The summed E-state index contributed by atoms with van der Waals surface area (Å²) in [5.41, 5.74) is 1.35. The van der Waals surface area contributed by atoms with Crippen molar-refractivity contribution >= 4 is 29.3 Å². The van der Waals surface area contributed by atoms with Crippen LogP contribution < -0.4 is 16.0 Å². The first-order valence-electron chi connectivity index (χ1n) is 8.80. The Bertz CT molecular complexity index is 625. The summed E-state index contributed by atoms with van der Waals surface area (Å²) in [6.07, 6.45) is 1.31. The van der Waals surface area contributed by atoms with Gasteiger partial charge in [-0.1, -0.05) is 0 Å². The highest BCUT2D eigenvalue weighted by atomic mass is 16.6. The molecule has 0 radical (unpaired) electrons. The van der Waals surface area contributed by atoms with Gasteiger partial charge >= 0.3 is 6.09 Å². The molecule has 26 heavy (non-hydrogen) atoms. The smallest absolute Gasteiger partial charge is 0.409 e. The normalized spacial score (nSPS) is 14.6. The van der Waals surface area contributed by atoms with E-state index in [2.05, 4.69) is 16.0 Å². The number of anilines is 2. The number of hydrogen-bond donors (Lipinski definition) is 3. The van der Waals surface area contributed by atoms with E-state index in [1.807, 2.05) is 0 Å². The zero-order valence-electron chi connectivity index (χ0n) is 15.2. The summed E-state index contributed by atoms with van der Waals surface area (Å²) in [7, 11) is 0. The van der Waals surface area contributed by atoms with Gasteiger partial charge in [0.1, 0.15) is 0 Å². The van der Waals surface area contributed by atoms with E-state index in [-0.39, 0.29) is 30.5 Å². The van der Waals surface area contributed by atoms with E-state index >= 15 is 0 Å². The lowest BCUT2D eigenvalue weighted by atomic mass is 10.1. The van der Waals surface area contributed by atoms with E-state index < -0.39 is 0 Å². The van der Waals surface area contributed by atoms with Crippen LogP contribution in [0.2, 0.25) is 0 Å². The van der Waals surface area contributed by atoms with Gasteiger partial charge in [-0.15, -0.1) is 0 Å². The first kappa shape index (κ1) is 19.7. The van der Waals surface area contributed by atoms with Crippen LogP contribution in [0.4, 0.5) is 16.2 Å². The van der Waals surface area contributed by atoms with E-state index in [1.54, 1.807) is 36.1 Å². The molecule has 0 saturated carbocycles. The number of benzene rings is 1. The molecule has 8 heteroatoms. The van der Waals surface area contributed by atoms with Crippen molar-refractivity contribution in [2.75, 3.05) is 36.9 Å². The van der Waals surface area contributed by atoms with Crippen molar-refractivity contribution in [3.63, 3.8) is 0 Å². The molecular formula is C18H26N4O4. The maximum absolute atomic E-state index is 12.0. The van der Waals surface area contributed by atoms with E-state index in [1.165, 1.54) is 6.92 Å². The highest BCUT2D eigenvalue weighted by Crippen LogP contribution is 2.14. The molecule has 0 aromatic heterocycles. The van der Waals surface area contributed by atoms with Gasteiger partial charge in [-0.3, -0.25) is 9.59 Å². The number of piperidine rings is 1. The summed E-state index contributed by atoms with van der Waals surface area (Å²) in [4.78, 5) is 36.4. The van der Waals surface area contributed by atoms with Crippen molar-refractivity contribution in [2.45, 2.75) is 32.7 Å². The molecule has 1 aliphatic rings. The Morgan fingerprint density at radius 2 is 1.65 bits per heavy atom. The lowest BCUT2D eigenvalue weighted by molar-refractivity contribution is -0.116. The Morgan fingerprint density at radius 3 is 2.19 bits per heavy atom. The van der Waals surface area contributed by atoms with Gasteiger partial charge in [0.25, 0.3) is 0 Å². The molecule has 0 aliphatic carbocycles. The number of ether oxygens (including phenoxy) is 1. The third-order valence-corrected chi connectivity index (χ3v) is 4.06. The SMILES string of the molecule is CCOC(=O)N1CCC(NCC(=O)Nc2ccc(NC(C)=O)cc2)CC1. The summed E-state index contributed by atoms with van der Waals surface area (Å²) in [5.74, 6) is -0.273. The number of hydrogen-bond acceptors (Lipinski definition) is 5. The summed E-state index contributed by atoms with van der Waals surface area (Å²) in [6.45, 7) is 5.07. The fourth-order valence-corrected chi connectivity index (χ4v) is 2.76. The summed E-state index contributed by atoms with van der Waals surface area (Å²) >= 11 is 0. The monoisotopic (exact) mass is 362 g/mol. The van der Waals surface area contributed by atoms with Crippen LogP contribution >= 0.6 is 0 Å². The van der Waals surface area contributed by atoms with Gasteiger partial charge < -0.3 is 25.6 Å². The Balaban J connectivity index is 1.69. The Morgan fingerprint density at radius 1 is 1.08 bits per heavy atom. The molecule has 1 aromatic carbocycles. The quantitative estimate of drug-likeness (QED) is 0.716. The zero-order valence-corrected chi connectivity index (χ0v) is 15.2. The van der Waals surface area contributed by atoms with Crippen LogP contribution in [0.1, 0.15) is 26.7 Å². The molecule has 1 heterocycles. The lowest BCUT2D eigenvalue weighted by Gasteiger charge is -2.31. The maximum Gasteiger partial charge on any atom is 0.409 e. The molecule has 1 aromatic rings. The predicted octanol–water partition coefficient (Wildman–Crippen LogP) is 1.79. The molecule has 1 saturated heterocycles. The molecule has 3 amide bonds. The predicted molar refractivity (Wildman–Crippen MR) is 99.0 cm³/mol. The second-order valence-corrected chi connectivity index (χ2v) is 6.15. The molecule has 0 bridgehead atoms. The second kappa shape index (κ2) is 9.76. The summed E-state index contributed by atoms with van der Waals surface area (Å²) in [5, 5.41) is 8.70. The molecule has 142 valence electrons. The van der Waals surface area contributed by atoms with Crippen LogP contribution in [0.3, 0.4) is 0 Å². The van der Waals surface area contributed by atoms with Gasteiger partial charge in [0.05, 0.1) is 13.2 Å². The first-order chi connectivity index (χ1) is 12.5. The molecule has 2 rings (SSSR count). The van der Waals surface area contributed by atoms with Crippen molar-refractivity contribution < 1.29 is 19.1 Å². The zero-order chi connectivity index (χ0) is 18.9. The molecule has 1 fully saturated rings. The molecule has 0 unspecified atom stereocenters. The molecule has 1 aliphatic heterocycles. The van der Waals surface area contributed by atoms with Crippen LogP contribution in [0.5, 0.6) is 0 Å². The van der Waals surface area contributed by atoms with Gasteiger partial charge in [0.2, 0.25) is 11.8 Å². The largest absolute Gasteiger partial charge is 0.450 e. The second-order valence-electron chi connectivity index (χ2n) is 6.15. The third kappa shape index (κ3) is 6.36. The van der Waals surface area contributed by atoms with Crippen molar-refractivity contribution in [1.82, 2.24) is 10.2 Å². The number of rotatable bonds is 6. The number of likely N-dealkylation sites (tertiary alicyclic amines) is 1. The molecular weight excluding hydrogens is 336 g/mol. The molecule has 3 N–H and O–H groups in total. The summed E-state index contributed by atoms with van der Waals surface area (Å²) in [6, 6.07) is 7.14. The van der Waals surface area contributed by atoms with Crippen molar-refractivity contribution in [3.8, 4) is 0 Å². The van der Waals surface area contributed by atoms with Crippen molar-refractivity contribution in [1.29, 1.82) is 0 Å². The minimum absolute atomic E-state index is 0.134. The minimum Gasteiger partial charge on any atom is -0.450 e. The third-order valence-electron chi connectivity index (χ3n) is 4.06. The molecule has 8 nitrogen and oxygen atoms in total. The number of nitrogens with zero attached hydrogens (tertiary/aromatic N) is 1. The summed E-state index contributed by atoms with van der Waals surface area (Å²) < 4.78 is 4.99. The highest BCUT2D eigenvalue weighted by Gasteiger charge is 2.23. The van der Waals surface area contributed by atoms with E-state index in [0.717, 1.165) is 12.8 Å². The van der Waals surface area contributed by atoms with Crippen molar-refractivity contribution in [2.24, 2.45) is 0 Å². The number of carbonyl (C=O) groups is 3. The topological polar surface area (TPSA) is 99.8 Å². The maximum atomic E-state index is 12.0. The lowest BCUT2D eigenvalue weighted by Crippen LogP contribution is -2.46. The van der Waals surface area contributed by atoms with Gasteiger partial charge in [0, 0.05) is 37.4 Å². The fourth-order valence-electron chi connectivity index (χ4n) is 2.76. The van der Waals surface area contributed by atoms with E-state index in [0.29, 0.717) is 31.1 Å². The Kier molecular flexibility index (Phi) is 7.40. The van der Waals surface area contributed by atoms with Crippen LogP contribution in [0, 0.1) is 0 Å². The molecule has 0 atom stereocenters. The van der Waals surface area contributed by atoms with Crippen molar-refractivity contribution in [3.05, 3.63) is 24.3 Å². The highest BCUT2D eigenvalue weighted by molar-refractivity contribution is 5.93. The van der Waals surface area contributed by atoms with Gasteiger partial charge in [-0.2, -0.15) is 0 Å². The van der Waals surface area contributed by atoms with Crippen LogP contribution in [0.25, 0.3) is 0 Å². The van der Waals surface area contributed by atoms with Gasteiger partial charge in [-0.25, -0.2) is 4.79 Å². The van der Waals surface area contributed by atoms with E-state index in [4.69, 9.17) is 4.74 Å². The Hall–Kier alpha value is -2.61. The molecule has 0 spiro atoms. The van der Waals surface area contributed by atoms with Gasteiger partial charge in [0.15, 0.2) is 0 Å². The number of carbonyl (C=O) groups excluding carboxylic acids is 3. The van der Waals surface area contributed by atoms with Crippen LogP contribution in [-0.4, -0.2) is 55.1 Å².